The third-order valence-corrected chi connectivity index (χ3v) is 4.29. The molecule has 156 valence electrons. The van der Waals surface area contributed by atoms with Crippen LogP contribution in [0.5, 0.6) is 0 Å². The molecule has 0 fully saturated rings. The van der Waals surface area contributed by atoms with E-state index in [4.69, 9.17) is 10.3 Å². The minimum atomic E-state index is -4.55. The lowest BCUT2D eigenvalue weighted by molar-refractivity contribution is -0.137. The molecule has 0 unspecified atom stereocenters. The molecule has 3 aromatic rings. The van der Waals surface area contributed by atoms with E-state index in [0.29, 0.717) is 16.8 Å². The highest BCUT2D eigenvalue weighted by molar-refractivity contribution is 6.12. The summed E-state index contributed by atoms with van der Waals surface area (Å²) in [5.41, 5.74) is 6.40. The van der Waals surface area contributed by atoms with Crippen molar-refractivity contribution in [1.29, 1.82) is 0 Å². The molecule has 0 spiro atoms. The molecule has 0 saturated carbocycles. The summed E-state index contributed by atoms with van der Waals surface area (Å²) in [7, 11) is 0. The quantitative estimate of drug-likeness (QED) is 0.622. The van der Waals surface area contributed by atoms with E-state index in [1.807, 2.05) is 13.8 Å². The van der Waals surface area contributed by atoms with Gasteiger partial charge in [-0.2, -0.15) is 13.2 Å². The number of carbonyl (C=O) groups is 1. The summed E-state index contributed by atoms with van der Waals surface area (Å²) in [6.07, 6.45) is -4.55. The van der Waals surface area contributed by atoms with Crippen molar-refractivity contribution in [2.75, 3.05) is 5.32 Å². The summed E-state index contributed by atoms with van der Waals surface area (Å²) in [6, 6.07) is 4.85. The lowest BCUT2D eigenvalue weighted by Gasteiger charge is -2.13. The fourth-order valence-corrected chi connectivity index (χ4v) is 2.83. The normalized spacial score (nSPS) is 11.6. The second kappa shape index (κ2) is 8.38. The number of nitrogens with two attached hydrogens (primary N) is 1. The minimum Gasteiger partial charge on any atom is -0.336 e. The lowest BCUT2D eigenvalue weighted by Crippen LogP contribution is -2.15. The lowest BCUT2D eigenvalue weighted by atomic mass is 10.0. The molecule has 0 bridgehead atoms. The molecule has 0 aliphatic heterocycles. The summed E-state index contributed by atoms with van der Waals surface area (Å²) >= 11 is 0. The summed E-state index contributed by atoms with van der Waals surface area (Å²) in [5, 5.41) is 6.79. The molecule has 2 aromatic heterocycles. The van der Waals surface area contributed by atoms with Crippen LogP contribution in [0.25, 0.3) is 11.1 Å². The SMILES string of the molecule is Cc1noc2nc(C(C)C)cc(C(=O)Nc3cc(CN)cc(C(F)(F)F)c3)c12.Cl. The number of aryl methyl sites for hydroxylation is 1. The van der Waals surface area contributed by atoms with E-state index >= 15 is 0 Å². The fourth-order valence-electron chi connectivity index (χ4n) is 2.83. The van der Waals surface area contributed by atoms with Gasteiger partial charge in [0.05, 0.1) is 22.2 Å². The highest BCUT2D eigenvalue weighted by atomic mass is 35.5. The first kappa shape index (κ1) is 22.6. The van der Waals surface area contributed by atoms with E-state index in [2.05, 4.69) is 15.5 Å². The highest BCUT2D eigenvalue weighted by Gasteiger charge is 2.31. The number of nitrogens with zero attached hydrogens (tertiary/aromatic N) is 2. The number of amides is 1. The number of rotatable bonds is 4. The summed E-state index contributed by atoms with van der Waals surface area (Å²) in [6.45, 7) is 5.38. The number of fused-ring (bicyclic) bond motifs is 1. The number of pyridine rings is 1. The summed E-state index contributed by atoms with van der Waals surface area (Å²) in [5.74, 6) is -0.568. The molecule has 0 radical (unpaired) electrons. The van der Waals surface area contributed by atoms with Crippen LogP contribution in [0, 0.1) is 6.92 Å². The van der Waals surface area contributed by atoms with Gasteiger partial charge in [0.25, 0.3) is 11.6 Å². The largest absolute Gasteiger partial charge is 0.416 e. The van der Waals surface area contributed by atoms with Gasteiger partial charge in [-0.1, -0.05) is 19.0 Å². The number of nitrogens with one attached hydrogen (secondary N) is 1. The first-order valence-electron chi connectivity index (χ1n) is 8.59. The zero-order valence-electron chi connectivity index (χ0n) is 15.9. The number of hydrogen-bond donors (Lipinski definition) is 2. The third-order valence-electron chi connectivity index (χ3n) is 4.29. The Morgan fingerprint density at radius 3 is 2.52 bits per heavy atom. The molecule has 3 rings (SSSR count). The van der Waals surface area contributed by atoms with Gasteiger partial charge < -0.3 is 15.6 Å². The molecule has 0 atom stereocenters. The zero-order valence-corrected chi connectivity index (χ0v) is 16.7. The molecule has 6 nitrogen and oxygen atoms in total. The van der Waals surface area contributed by atoms with Gasteiger partial charge in [-0.05, 0) is 42.7 Å². The van der Waals surface area contributed by atoms with Crippen LogP contribution in [0.1, 0.15) is 52.6 Å². The Labute approximate surface area is 171 Å². The molecule has 1 aromatic carbocycles. The van der Waals surface area contributed by atoms with Crippen LogP contribution >= 0.6 is 12.4 Å². The van der Waals surface area contributed by atoms with Crippen LogP contribution in [-0.2, 0) is 12.7 Å². The van der Waals surface area contributed by atoms with Crippen LogP contribution in [0.15, 0.2) is 28.8 Å². The predicted molar refractivity (Wildman–Crippen MR) is 105 cm³/mol. The van der Waals surface area contributed by atoms with Crippen molar-refractivity contribution in [2.24, 2.45) is 5.73 Å². The van der Waals surface area contributed by atoms with Gasteiger partial charge in [0.2, 0.25) is 0 Å². The van der Waals surface area contributed by atoms with Gasteiger partial charge >= 0.3 is 6.18 Å². The zero-order chi connectivity index (χ0) is 20.6. The van der Waals surface area contributed by atoms with E-state index in [9.17, 15) is 18.0 Å². The van der Waals surface area contributed by atoms with Gasteiger partial charge in [0.1, 0.15) is 0 Å². The van der Waals surface area contributed by atoms with Gasteiger partial charge in [-0.3, -0.25) is 4.79 Å². The average Bonchev–Trinajstić information content (AvgIpc) is 3.01. The molecule has 1 amide bonds. The minimum absolute atomic E-state index is 0. The standard InChI is InChI=1S/C19H19F3N4O2.ClH/c1-9(2)15-7-14(16-10(3)26-28-18(16)25-15)17(27)24-13-5-11(8-23)4-12(6-13)19(20,21)22;/h4-7,9H,8,23H2,1-3H3,(H,24,27);1H. The average molecular weight is 429 g/mol. The first-order chi connectivity index (χ1) is 13.1. The Hall–Kier alpha value is -2.65. The van der Waals surface area contributed by atoms with Crippen molar-refractivity contribution >= 4 is 35.1 Å². The number of halogens is 4. The molecule has 0 saturated heterocycles. The summed E-state index contributed by atoms with van der Waals surface area (Å²) in [4.78, 5) is 17.2. The van der Waals surface area contributed by atoms with Crippen molar-refractivity contribution in [3.8, 4) is 0 Å². The smallest absolute Gasteiger partial charge is 0.336 e. The van der Waals surface area contributed by atoms with Crippen LogP contribution < -0.4 is 11.1 Å². The van der Waals surface area contributed by atoms with E-state index < -0.39 is 17.6 Å². The Bertz CT molecular complexity index is 1050. The predicted octanol–water partition coefficient (Wildman–Crippen LogP) is 4.81. The van der Waals surface area contributed by atoms with Crippen molar-refractivity contribution in [1.82, 2.24) is 10.1 Å². The van der Waals surface area contributed by atoms with Crippen LogP contribution in [0.4, 0.5) is 18.9 Å². The van der Waals surface area contributed by atoms with Gasteiger partial charge in [0.15, 0.2) is 0 Å². The Balaban J connectivity index is 0.00000300. The second-order valence-electron chi connectivity index (χ2n) is 6.77. The first-order valence-corrected chi connectivity index (χ1v) is 8.59. The fraction of sp³-hybridized carbons (Fsp3) is 0.316. The van der Waals surface area contributed by atoms with Crippen LogP contribution in [0.2, 0.25) is 0 Å². The Morgan fingerprint density at radius 2 is 1.93 bits per heavy atom. The number of hydrogen-bond acceptors (Lipinski definition) is 5. The van der Waals surface area contributed by atoms with Gasteiger partial charge in [0, 0.05) is 17.9 Å². The monoisotopic (exact) mass is 428 g/mol. The molecule has 2 heterocycles. The van der Waals surface area contributed by atoms with Crippen molar-refractivity contribution < 1.29 is 22.5 Å². The number of anilines is 1. The molecule has 29 heavy (non-hydrogen) atoms. The molecular weight excluding hydrogens is 409 g/mol. The van der Waals surface area contributed by atoms with Crippen LogP contribution in [-0.4, -0.2) is 16.0 Å². The number of carbonyl (C=O) groups excluding carboxylic acids is 1. The number of benzene rings is 1. The van der Waals surface area contributed by atoms with Gasteiger partial charge in [-0.15, -0.1) is 12.4 Å². The van der Waals surface area contributed by atoms with E-state index in [0.717, 1.165) is 12.1 Å². The van der Waals surface area contributed by atoms with E-state index in [1.54, 1.807) is 13.0 Å². The Kier molecular flexibility index (Phi) is 6.54. The Morgan fingerprint density at radius 1 is 1.24 bits per heavy atom. The van der Waals surface area contributed by atoms with E-state index in [-0.39, 0.29) is 47.4 Å². The highest BCUT2D eigenvalue weighted by Crippen LogP contribution is 2.32. The molecular formula is C19H20ClF3N4O2. The van der Waals surface area contributed by atoms with E-state index in [1.165, 1.54) is 6.07 Å². The molecule has 0 aliphatic rings. The molecule has 3 N–H and O–H groups in total. The van der Waals surface area contributed by atoms with Crippen molar-refractivity contribution in [2.45, 2.75) is 39.4 Å². The topological polar surface area (TPSA) is 94.0 Å². The van der Waals surface area contributed by atoms with Crippen LogP contribution in [0.3, 0.4) is 0 Å². The number of alkyl halides is 3. The summed E-state index contributed by atoms with van der Waals surface area (Å²) < 4.78 is 44.5. The maximum Gasteiger partial charge on any atom is 0.416 e. The maximum absolute atomic E-state index is 13.1. The third kappa shape index (κ3) is 4.68. The molecule has 0 aliphatic carbocycles. The number of aromatic nitrogens is 2. The molecule has 10 heteroatoms. The van der Waals surface area contributed by atoms with Crippen molar-refractivity contribution in [3.63, 3.8) is 0 Å². The second-order valence-corrected chi connectivity index (χ2v) is 6.77. The maximum atomic E-state index is 13.1. The van der Waals surface area contributed by atoms with Gasteiger partial charge in [-0.25, -0.2) is 4.98 Å². The van der Waals surface area contributed by atoms with Crippen molar-refractivity contribution in [3.05, 3.63) is 52.3 Å².